The van der Waals surface area contributed by atoms with Gasteiger partial charge in [0.1, 0.15) is 0 Å². The molecule has 0 aliphatic heterocycles. The van der Waals surface area contributed by atoms with Crippen LogP contribution in [0.5, 0.6) is 0 Å². The minimum absolute atomic E-state index is 0.0643. The lowest BCUT2D eigenvalue weighted by atomic mass is 10.1. The van der Waals surface area contributed by atoms with E-state index in [0.717, 1.165) is 22.7 Å². The van der Waals surface area contributed by atoms with E-state index < -0.39 is 0 Å². The largest absolute Gasteiger partial charge is 0.323 e. The van der Waals surface area contributed by atoms with Gasteiger partial charge in [-0.25, -0.2) is 0 Å². The van der Waals surface area contributed by atoms with Crippen molar-refractivity contribution in [2.75, 3.05) is 0 Å². The minimum Gasteiger partial charge on any atom is -0.323 e. The Morgan fingerprint density at radius 3 is 2.76 bits per heavy atom. The summed E-state index contributed by atoms with van der Waals surface area (Å²) in [6, 6.07) is 2.33. The predicted octanol–water partition coefficient (Wildman–Crippen LogP) is 1.87. The van der Waals surface area contributed by atoms with E-state index in [2.05, 4.69) is 28.5 Å². The van der Waals surface area contributed by atoms with Crippen molar-refractivity contribution in [3.8, 4) is 0 Å². The molecule has 5 nitrogen and oxygen atoms in total. The van der Waals surface area contributed by atoms with Crippen LogP contribution >= 0.6 is 11.5 Å². The molecule has 6 heteroatoms. The molecular formula is C11H17N5S. The van der Waals surface area contributed by atoms with E-state index in [1.807, 2.05) is 23.9 Å². The molecule has 0 aliphatic rings. The van der Waals surface area contributed by atoms with Gasteiger partial charge < -0.3 is 5.73 Å². The smallest absolute Gasteiger partial charge is 0.0772 e. The maximum atomic E-state index is 6.14. The molecule has 0 aliphatic carbocycles. The standard InChI is InChI=1S/C11H17N5S/c1-7(2)16-5-4-9(14-16)6-10(12)11-8(3)13-15-17-11/h4-5,7,10H,6,12H2,1-3H3. The molecule has 0 aromatic carbocycles. The first-order chi connectivity index (χ1) is 8.08. The summed E-state index contributed by atoms with van der Waals surface area (Å²) in [5.74, 6) is 0. The Balaban J connectivity index is 2.08. The molecule has 0 amide bonds. The molecule has 2 rings (SSSR count). The first-order valence-corrected chi connectivity index (χ1v) is 6.43. The highest BCUT2D eigenvalue weighted by molar-refractivity contribution is 7.05. The Hall–Kier alpha value is -1.27. The highest BCUT2D eigenvalue weighted by Crippen LogP contribution is 2.21. The highest BCUT2D eigenvalue weighted by atomic mass is 32.1. The van der Waals surface area contributed by atoms with Gasteiger partial charge in [-0.3, -0.25) is 4.68 Å². The molecule has 2 heterocycles. The maximum absolute atomic E-state index is 6.14. The maximum Gasteiger partial charge on any atom is 0.0772 e. The molecule has 92 valence electrons. The average Bonchev–Trinajstić information content (AvgIpc) is 2.86. The zero-order valence-corrected chi connectivity index (χ0v) is 11.1. The van der Waals surface area contributed by atoms with Crippen LogP contribution in [0.1, 0.15) is 42.2 Å². The molecule has 17 heavy (non-hydrogen) atoms. The van der Waals surface area contributed by atoms with Gasteiger partial charge in [0, 0.05) is 24.7 Å². The summed E-state index contributed by atoms with van der Waals surface area (Å²) in [7, 11) is 0. The van der Waals surface area contributed by atoms with Crippen LogP contribution in [0, 0.1) is 6.92 Å². The fourth-order valence-corrected chi connectivity index (χ4v) is 2.31. The van der Waals surface area contributed by atoms with E-state index in [1.54, 1.807) is 0 Å². The van der Waals surface area contributed by atoms with Gasteiger partial charge in [-0.15, -0.1) is 5.10 Å². The fourth-order valence-electron chi connectivity index (χ4n) is 1.67. The Bertz CT molecular complexity index is 488. The van der Waals surface area contributed by atoms with Crippen molar-refractivity contribution < 1.29 is 0 Å². The number of nitrogens with two attached hydrogens (primary N) is 1. The minimum atomic E-state index is -0.0643. The molecule has 0 saturated heterocycles. The SMILES string of the molecule is Cc1nnsc1C(N)Cc1ccn(C(C)C)n1. The van der Waals surface area contributed by atoms with E-state index in [4.69, 9.17) is 5.73 Å². The lowest BCUT2D eigenvalue weighted by Gasteiger charge is -2.08. The van der Waals surface area contributed by atoms with Crippen LogP contribution in [0.2, 0.25) is 0 Å². The number of nitrogens with zero attached hydrogens (tertiary/aromatic N) is 4. The molecule has 0 spiro atoms. The number of rotatable bonds is 4. The van der Waals surface area contributed by atoms with E-state index in [1.165, 1.54) is 11.5 Å². The van der Waals surface area contributed by atoms with Crippen molar-refractivity contribution in [2.24, 2.45) is 5.73 Å². The Labute approximate surface area is 105 Å². The number of aromatic nitrogens is 4. The van der Waals surface area contributed by atoms with E-state index >= 15 is 0 Å². The monoisotopic (exact) mass is 251 g/mol. The topological polar surface area (TPSA) is 69.6 Å². The molecule has 0 saturated carbocycles. The number of aryl methyl sites for hydroxylation is 1. The zero-order valence-electron chi connectivity index (χ0n) is 10.3. The molecular weight excluding hydrogens is 234 g/mol. The summed E-state index contributed by atoms with van der Waals surface area (Å²) in [6.07, 6.45) is 2.72. The third kappa shape index (κ3) is 2.70. The summed E-state index contributed by atoms with van der Waals surface area (Å²) < 4.78 is 5.85. The summed E-state index contributed by atoms with van der Waals surface area (Å²) in [5, 5.41) is 8.47. The summed E-state index contributed by atoms with van der Waals surface area (Å²) in [4.78, 5) is 1.05. The van der Waals surface area contributed by atoms with Gasteiger partial charge in [-0.1, -0.05) is 4.49 Å². The summed E-state index contributed by atoms with van der Waals surface area (Å²) in [5.41, 5.74) is 8.07. The van der Waals surface area contributed by atoms with Gasteiger partial charge in [0.15, 0.2) is 0 Å². The predicted molar refractivity (Wildman–Crippen MR) is 67.9 cm³/mol. The van der Waals surface area contributed by atoms with E-state index in [9.17, 15) is 0 Å². The van der Waals surface area contributed by atoms with Crippen molar-refractivity contribution in [2.45, 2.75) is 39.3 Å². The van der Waals surface area contributed by atoms with Gasteiger partial charge in [0.25, 0.3) is 0 Å². The molecule has 1 unspecified atom stereocenters. The molecule has 0 fully saturated rings. The lowest BCUT2D eigenvalue weighted by molar-refractivity contribution is 0.523. The van der Waals surface area contributed by atoms with E-state index in [0.29, 0.717) is 6.04 Å². The van der Waals surface area contributed by atoms with Crippen LogP contribution in [0.25, 0.3) is 0 Å². The Morgan fingerprint density at radius 1 is 1.47 bits per heavy atom. The first-order valence-electron chi connectivity index (χ1n) is 5.66. The van der Waals surface area contributed by atoms with Gasteiger partial charge in [0.2, 0.25) is 0 Å². The van der Waals surface area contributed by atoms with Gasteiger partial charge in [0.05, 0.1) is 16.3 Å². The van der Waals surface area contributed by atoms with Crippen LogP contribution in [0.3, 0.4) is 0 Å². The normalized spacial score (nSPS) is 13.2. The Morgan fingerprint density at radius 2 is 2.24 bits per heavy atom. The first kappa shape index (κ1) is 12.2. The van der Waals surface area contributed by atoms with Gasteiger partial charge in [-0.2, -0.15) is 5.10 Å². The summed E-state index contributed by atoms with van der Waals surface area (Å²) >= 11 is 1.37. The van der Waals surface area contributed by atoms with Crippen molar-refractivity contribution in [3.05, 3.63) is 28.5 Å². The second-order valence-corrected chi connectivity index (χ2v) is 5.20. The average molecular weight is 251 g/mol. The van der Waals surface area contributed by atoms with E-state index in [-0.39, 0.29) is 6.04 Å². The zero-order chi connectivity index (χ0) is 12.4. The highest BCUT2D eigenvalue weighted by Gasteiger charge is 2.15. The molecule has 1 atom stereocenters. The lowest BCUT2D eigenvalue weighted by Crippen LogP contribution is -2.14. The van der Waals surface area contributed by atoms with Crippen LogP contribution in [0.4, 0.5) is 0 Å². The van der Waals surface area contributed by atoms with Crippen LogP contribution in [-0.4, -0.2) is 19.4 Å². The van der Waals surface area contributed by atoms with Gasteiger partial charge >= 0.3 is 0 Å². The van der Waals surface area contributed by atoms with Crippen LogP contribution < -0.4 is 5.73 Å². The second-order valence-electron chi connectivity index (χ2n) is 4.41. The quantitative estimate of drug-likeness (QED) is 0.900. The third-order valence-corrected chi connectivity index (χ3v) is 3.60. The number of hydrogen-bond acceptors (Lipinski definition) is 5. The molecule has 2 aromatic rings. The fraction of sp³-hybridized carbons (Fsp3) is 0.545. The van der Waals surface area contributed by atoms with Crippen molar-refractivity contribution in [1.29, 1.82) is 0 Å². The Kier molecular flexibility index (Phi) is 3.54. The second kappa shape index (κ2) is 4.93. The number of hydrogen-bond donors (Lipinski definition) is 1. The van der Waals surface area contributed by atoms with Crippen molar-refractivity contribution >= 4 is 11.5 Å². The molecule has 2 N–H and O–H groups in total. The summed E-state index contributed by atoms with van der Waals surface area (Å²) in [6.45, 7) is 6.15. The van der Waals surface area contributed by atoms with Crippen molar-refractivity contribution in [1.82, 2.24) is 19.4 Å². The molecule has 2 aromatic heterocycles. The van der Waals surface area contributed by atoms with Crippen LogP contribution in [0.15, 0.2) is 12.3 Å². The van der Waals surface area contributed by atoms with Crippen LogP contribution in [-0.2, 0) is 6.42 Å². The van der Waals surface area contributed by atoms with Crippen molar-refractivity contribution in [3.63, 3.8) is 0 Å². The van der Waals surface area contributed by atoms with Gasteiger partial charge in [-0.05, 0) is 38.4 Å². The molecule has 0 radical (unpaired) electrons. The molecule has 0 bridgehead atoms. The third-order valence-electron chi connectivity index (χ3n) is 2.65.